The van der Waals surface area contributed by atoms with Crippen LogP contribution in [0.5, 0.6) is 0 Å². The van der Waals surface area contributed by atoms with E-state index in [0.29, 0.717) is 0 Å². The van der Waals surface area contributed by atoms with Crippen molar-refractivity contribution in [2.45, 2.75) is 13.1 Å². The van der Waals surface area contributed by atoms with E-state index < -0.39 is 17.2 Å². The normalized spacial score (nSPS) is 11.6. The van der Waals surface area contributed by atoms with Crippen LogP contribution in [-0.2, 0) is 6.18 Å². The van der Waals surface area contributed by atoms with Crippen LogP contribution < -0.4 is 5.32 Å². The molecule has 1 rings (SSSR count). The second-order valence-electron chi connectivity index (χ2n) is 2.56. The summed E-state index contributed by atoms with van der Waals surface area (Å²) in [5.41, 5.74) is -1.08. The zero-order chi connectivity index (χ0) is 10.9. The Kier molecular flexibility index (Phi) is 2.84. The summed E-state index contributed by atoms with van der Waals surface area (Å²) in [5, 5.41) is 2.09. The van der Waals surface area contributed by atoms with E-state index in [1.807, 2.05) is 0 Å². The molecule has 78 valence electrons. The Morgan fingerprint density at radius 1 is 1.29 bits per heavy atom. The first-order valence-electron chi connectivity index (χ1n) is 3.65. The second-order valence-corrected chi connectivity index (χ2v) is 2.90. The third-order valence-corrected chi connectivity index (χ3v) is 1.79. The molecule has 0 aliphatic carbocycles. The fourth-order valence-corrected chi connectivity index (χ4v) is 1.18. The molecule has 0 bridgehead atoms. The van der Waals surface area contributed by atoms with E-state index in [4.69, 9.17) is 11.6 Å². The molecular weight excluding hydrogens is 219 g/mol. The van der Waals surface area contributed by atoms with E-state index in [1.165, 1.54) is 14.0 Å². The molecule has 14 heavy (non-hydrogen) atoms. The van der Waals surface area contributed by atoms with Gasteiger partial charge in [0.2, 0.25) is 5.28 Å². The average Bonchev–Trinajstić information content (AvgIpc) is 2.06. The van der Waals surface area contributed by atoms with Gasteiger partial charge in [0.1, 0.15) is 5.82 Å². The topological polar surface area (TPSA) is 37.8 Å². The van der Waals surface area contributed by atoms with Crippen LogP contribution in [0.15, 0.2) is 0 Å². The maximum atomic E-state index is 12.4. The average molecular weight is 226 g/mol. The van der Waals surface area contributed by atoms with E-state index >= 15 is 0 Å². The van der Waals surface area contributed by atoms with Gasteiger partial charge < -0.3 is 5.32 Å². The number of aromatic nitrogens is 2. The highest BCUT2D eigenvalue weighted by atomic mass is 35.5. The van der Waals surface area contributed by atoms with Crippen molar-refractivity contribution in [3.05, 3.63) is 16.5 Å². The number of nitrogens with one attached hydrogen (secondary N) is 1. The quantitative estimate of drug-likeness (QED) is 0.747. The lowest BCUT2D eigenvalue weighted by Gasteiger charge is -2.11. The minimum Gasteiger partial charge on any atom is -0.373 e. The lowest BCUT2D eigenvalue weighted by Crippen LogP contribution is -2.13. The van der Waals surface area contributed by atoms with Gasteiger partial charge in [-0.25, -0.2) is 9.97 Å². The summed E-state index contributed by atoms with van der Waals surface area (Å²) in [5.74, 6) is 0.0809. The summed E-state index contributed by atoms with van der Waals surface area (Å²) in [4.78, 5) is 6.75. The Labute approximate surface area is 83.3 Å². The van der Waals surface area contributed by atoms with Crippen molar-refractivity contribution in [2.24, 2.45) is 0 Å². The van der Waals surface area contributed by atoms with Crippen molar-refractivity contribution in [1.29, 1.82) is 0 Å². The summed E-state index contributed by atoms with van der Waals surface area (Å²) in [7, 11) is 1.46. The van der Waals surface area contributed by atoms with E-state index in [0.717, 1.165) is 0 Å². The molecule has 1 aromatic rings. The van der Waals surface area contributed by atoms with E-state index in [2.05, 4.69) is 15.3 Å². The number of hydrogen-bond donors (Lipinski definition) is 1. The van der Waals surface area contributed by atoms with Crippen molar-refractivity contribution in [3.63, 3.8) is 0 Å². The number of anilines is 1. The lowest BCUT2D eigenvalue weighted by atomic mass is 10.2. The molecule has 0 saturated heterocycles. The standard InChI is InChI=1S/C7H7ClF3N3/c1-3-4(7(9,10)11)13-6(8)14-5(3)12-2/h1-2H3,(H,12,13,14). The van der Waals surface area contributed by atoms with Gasteiger partial charge in [-0.1, -0.05) is 0 Å². The van der Waals surface area contributed by atoms with Gasteiger partial charge in [-0.15, -0.1) is 0 Å². The first kappa shape index (κ1) is 11.0. The molecule has 0 saturated carbocycles. The van der Waals surface area contributed by atoms with Crippen molar-refractivity contribution >= 4 is 17.4 Å². The van der Waals surface area contributed by atoms with Crippen molar-refractivity contribution < 1.29 is 13.2 Å². The first-order valence-corrected chi connectivity index (χ1v) is 4.03. The minimum absolute atomic E-state index is 0.0654. The van der Waals surface area contributed by atoms with Crippen LogP contribution in [0.2, 0.25) is 5.28 Å². The van der Waals surface area contributed by atoms with E-state index in [1.54, 1.807) is 0 Å². The van der Waals surface area contributed by atoms with Gasteiger partial charge >= 0.3 is 6.18 Å². The molecule has 1 heterocycles. The van der Waals surface area contributed by atoms with Crippen molar-refractivity contribution in [3.8, 4) is 0 Å². The Morgan fingerprint density at radius 2 is 1.86 bits per heavy atom. The fraction of sp³-hybridized carbons (Fsp3) is 0.429. The van der Waals surface area contributed by atoms with Gasteiger partial charge in [-0.2, -0.15) is 13.2 Å². The molecule has 0 fully saturated rings. The molecule has 0 amide bonds. The molecule has 7 heteroatoms. The summed E-state index contributed by atoms with van der Waals surface area (Å²) >= 11 is 5.34. The van der Waals surface area contributed by atoms with Crippen LogP contribution in [0.4, 0.5) is 19.0 Å². The number of nitrogens with zero attached hydrogens (tertiary/aromatic N) is 2. The Morgan fingerprint density at radius 3 is 2.29 bits per heavy atom. The van der Waals surface area contributed by atoms with Gasteiger partial charge in [-0.05, 0) is 18.5 Å². The smallest absolute Gasteiger partial charge is 0.373 e. The zero-order valence-corrected chi connectivity index (χ0v) is 8.16. The van der Waals surface area contributed by atoms with Gasteiger partial charge in [0.25, 0.3) is 0 Å². The zero-order valence-electron chi connectivity index (χ0n) is 7.41. The van der Waals surface area contributed by atoms with E-state index in [9.17, 15) is 13.2 Å². The van der Waals surface area contributed by atoms with E-state index in [-0.39, 0.29) is 11.4 Å². The maximum Gasteiger partial charge on any atom is 0.433 e. The highest BCUT2D eigenvalue weighted by Gasteiger charge is 2.36. The van der Waals surface area contributed by atoms with Crippen LogP contribution in [0.1, 0.15) is 11.3 Å². The maximum absolute atomic E-state index is 12.4. The molecule has 1 N–H and O–H groups in total. The molecule has 0 spiro atoms. The summed E-state index contributed by atoms with van der Waals surface area (Å²) in [6.07, 6.45) is -4.51. The molecular formula is C7H7ClF3N3. The van der Waals surface area contributed by atoms with Crippen molar-refractivity contribution in [1.82, 2.24) is 9.97 Å². The second kappa shape index (κ2) is 3.61. The summed E-state index contributed by atoms with van der Waals surface area (Å²) in [6, 6.07) is 0. The monoisotopic (exact) mass is 225 g/mol. The molecule has 0 aromatic carbocycles. The molecule has 0 unspecified atom stereocenters. The number of alkyl halides is 3. The minimum atomic E-state index is -4.51. The number of halogens is 4. The molecule has 0 radical (unpaired) electrons. The van der Waals surface area contributed by atoms with Gasteiger partial charge in [0.05, 0.1) is 0 Å². The van der Waals surface area contributed by atoms with Gasteiger partial charge in [-0.3, -0.25) is 0 Å². The SMILES string of the molecule is CNc1nc(Cl)nc(C(F)(F)F)c1C. The van der Waals surface area contributed by atoms with Crippen LogP contribution in [-0.4, -0.2) is 17.0 Å². The number of hydrogen-bond acceptors (Lipinski definition) is 3. The largest absolute Gasteiger partial charge is 0.433 e. The molecule has 3 nitrogen and oxygen atoms in total. The number of rotatable bonds is 1. The van der Waals surface area contributed by atoms with Crippen LogP contribution in [0, 0.1) is 6.92 Å². The molecule has 1 aromatic heterocycles. The van der Waals surface area contributed by atoms with Crippen LogP contribution in [0.3, 0.4) is 0 Å². The Balaban J connectivity index is 3.37. The molecule has 0 aliphatic rings. The van der Waals surface area contributed by atoms with Gasteiger partial charge in [0, 0.05) is 12.6 Å². The molecule has 0 aliphatic heterocycles. The highest BCUT2D eigenvalue weighted by Crippen LogP contribution is 2.32. The Hall–Kier alpha value is -1.04. The third-order valence-electron chi connectivity index (χ3n) is 1.62. The first-order chi connectivity index (χ1) is 6.36. The fourth-order valence-electron chi connectivity index (χ4n) is 1.01. The van der Waals surface area contributed by atoms with Crippen molar-refractivity contribution in [2.75, 3.05) is 12.4 Å². The predicted molar refractivity (Wildman–Crippen MR) is 46.3 cm³/mol. The highest BCUT2D eigenvalue weighted by molar-refractivity contribution is 6.28. The summed E-state index contributed by atoms with van der Waals surface area (Å²) in [6.45, 7) is 1.28. The third kappa shape index (κ3) is 2.06. The van der Waals surface area contributed by atoms with Crippen LogP contribution in [0.25, 0.3) is 0 Å². The van der Waals surface area contributed by atoms with Gasteiger partial charge in [0.15, 0.2) is 5.69 Å². The Bertz CT molecular complexity index is 351. The summed E-state index contributed by atoms with van der Waals surface area (Å²) < 4.78 is 37.1. The molecule has 0 atom stereocenters. The van der Waals surface area contributed by atoms with Crippen LogP contribution >= 0.6 is 11.6 Å². The lowest BCUT2D eigenvalue weighted by molar-refractivity contribution is -0.141. The predicted octanol–water partition coefficient (Wildman–Crippen LogP) is 2.50.